The predicted octanol–water partition coefficient (Wildman–Crippen LogP) is 0.535. The number of methoxy groups -OCH3 is 2. The van der Waals surface area contributed by atoms with Gasteiger partial charge < -0.3 is 9.47 Å². The minimum absolute atomic E-state index is 0.0787. The number of rotatable bonds is 3. The molecule has 0 spiro atoms. The third-order valence-corrected chi connectivity index (χ3v) is 0.941. The Bertz CT molecular complexity index is 40.7. The van der Waals surface area contributed by atoms with Crippen molar-refractivity contribution in [1.29, 1.82) is 0 Å². The van der Waals surface area contributed by atoms with Gasteiger partial charge in [0, 0.05) is 14.2 Å². The summed E-state index contributed by atoms with van der Waals surface area (Å²) in [6, 6.07) is 0. The summed E-state index contributed by atoms with van der Waals surface area (Å²) in [5.74, 6) is 0. The average Bonchev–Trinajstić information content (AvgIpc) is 1.68. The molecule has 0 radical (unpaired) electrons. The molecule has 0 aliphatic rings. The van der Waals surface area contributed by atoms with E-state index in [1.165, 1.54) is 0 Å². The van der Waals surface area contributed by atoms with E-state index in [4.69, 9.17) is 9.47 Å². The molecule has 1 unspecified atom stereocenters. The Morgan fingerprint density at radius 1 is 1.57 bits per heavy atom. The van der Waals surface area contributed by atoms with Crippen molar-refractivity contribution in [3.63, 3.8) is 0 Å². The molecule has 3 heteroatoms. The van der Waals surface area contributed by atoms with Gasteiger partial charge in [0.25, 0.3) is 0 Å². The molecule has 0 fully saturated rings. The Morgan fingerprint density at radius 3 is 2.29 bits per heavy atom. The van der Waals surface area contributed by atoms with Crippen LogP contribution in [0, 0.1) is 0 Å². The standard InChI is InChI=1S/C4H10O2S/c1-5-3-4(7)6-2/h4,7H,3H2,1-2H3. The maximum atomic E-state index is 4.73. The molecule has 0 aromatic carbocycles. The van der Waals surface area contributed by atoms with Crippen LogP contribution in [-0.4, -0.2) is 26.3 Å². The summed E-state index contributed by atoms with van der Waals surface area (Å²) in [5, 5.41) is 0. The van der Waals surface area contributed by atoms with E-state index in [0.717, 1.165) is 0 Å². The monoisotopic (exact) mass is 122 g/mol. The van der Waals surface area contributed by atoms with E-state index < -0.39 is 0 Å². The second-order valence-corrected chi connectivity index (χ2v) is 1.72. The molecule has 2 nitrogen and oxygen atoms in total. The molecule has 0 aliphatic heterocycles. The zero-order chi connectivity index (χ0) is 5.70. The smallest absolute Gasteiger partial charge is 0.123 e. The molecule has 0 N–H and O–H groups in total. The van der Waals surface area contributed by atoms with Crippen LogP contribution in [-0.2, 0) is 9.47 Å². The summed E-state index contributed by atoms with van der Waals surface area (Å²) in [7, 11) is 3.21. The van der Waals surface area contributed by atoms with Crippen LogP contribution in [0.4, 0.5) is 0 Å². The molecule has 0 heterocycles. The first-order valence-corrected chi connectivity index (χ1v) is 2.52. The van der Waals surface area contributed by atoms with E-state index in [-0.39, 0.29) is 5.44 Å². The van der Waals surface area contributed by atoms with E-state index >= 15 is 0 Å². The van der Waals surface area contributed by atoms with Crippen molar-refractivity contribution in [2.24, 2.45) is 0 Å². The fourth-order valence-corrected chi connectivity index (χ4v) is 0.360. The second-order valence-electron chi connectivity index (χ2n) is 1.15. The van der Waals surface area contributed by atoms with Crippen LogP contribution in [0.25, 0.3) is 0 Å². The van der Waals surface area contributed by atoms with Crippen LogP contribution < -0.4 is 0 Å². The van der Waals surface area contributed by atoms with Gasteiger partial charge in [0.1, 0.15) is 5.44 Å². The largest absolute Gasteiger partial charge is 0.381 e. The number of thiol groups is 1. The fraction of sp³-hybridized carbons (Fsp3) is 1.00. The molecular weight excluding hydrogens is 112 g/mol. The minimum atomic E-state index is -0.0787. The van der Waals surface area contributed by atoms with E-state index in [1.54, 1.807) is 14.2 Å². The van der Waals surface area contributed by atoms with Gasteiger partial charge in [-0.1, -0.05) is 0 Å². The highest BCUT2D eigenvalue weighted by molar-refractivity contribution is 7.80. The lowest BCUT2D eigenvalue weighted by atomic mass is 10.8. The zero-order valence-electron chi connectivity index (χ0n) is 4.55. The van der Waals surface area contributed by atoms with Crippen LogP contribution in [0.2, 0.25) is 0 Å². The fourth-order valence-electron chi connectivity index (χ4n) is 0.211. The Balaban J connectivity index is 2.83. The maximum Gasteiger partial charge on any atom is 0.123 e. The first kappa shape index (κ1) is 7.27. The third-order valence-electron chi connectivity index (χ3n) is 0.581. The van der Waals surface area contributed by atoms with Crippen LogP contribution in [0.5, 0.6) is 0 Å². The van der Waals surface area contributed by atoms with Gasteiger partial charge in [-0.3, -0.25) is 0 Å². The highest BCUT2D eigenvalue weighted by Crippen LogP contribution is 1.92. The molecule has 0 rings (SSSR count). The topological polar surface area (TPSA) is 18.5 Å². The van der Waals surface area contributed by atoms with Crippen molar-refractivity contribution < 1.29 is 9.47 Å². The van der Waals surface area contributed by atoms with Crippen molar-refractivity contribution >= 4 is 12.6 Å². The Labute approximate surface area is 49.2 Å². The number of hydrogen-bond acceptors (Lipinski definition) is 3. The van der Waals surface area contributed by atoms with Gasteiger partial charge in [0.2, 0.25) is 0 Å². The average molecular weight is 122 g/mol. The lowest BCUT2D eigenvalue weighted by molar-refractivity contribution is 0.0825. The molecule has 1 atom stereocenters. The van der Waals surface area contributed by atoms with Crippen molar-refractivity contribution in [2.75, 3.05) is 20.8 Å². The molecule has 0 bridgehead atoms. The van der Waals surface area contributed by atoms with Gasteiger partial charge in [0.15, 0.2) is 0 Å². The lowest BCUT2D eigenvalue weighted by Gasteiger charge is -2.04. The highest BCUT2D eigenvalue weighted by Gasteiger charge is 1.94. The van der Waals surface area contributed by atoms with Crippen LogP contribution in [0.3, 0.4) is 0 Å². The normalized spacial score (nSPS) is 14.1. The van der Waals surface area contributed by atoms with Crippen LogP contribution >= 0.6 is 12.6 Å². The minimum Gasteiger partial charge on any atom is -0.381 e. The predicted molar refractivity (Wildman–Crippen MR) is 31.7 cm³/mol. The summed E-state index contributed by atoms with van der Waals surface area (Å²) >= 11 is 3.96. The van der Waals surface area contributed by atoms with Crippen LogP contribution in [0.15, 0.2) is 0 Å². The van der Waals surface area contributed by atoms with Crippen LogP contribution in [0.1, 0.15) is 0 Å². The third kappa shape index (κ3) is 4.12. The summed E-state index contributed by atoms with van der Waals surface area (Å²) in [5.41, 5.74) is -0.0787. The Hall–Kier alpha value is 0.270. The van der Waals surface area contributed by atoms with E-state index in [1.807, 2.05) is 0 Å². The number of ether oxygens (including phenoxy) is 2. The van der Waals surface area contributed by atoms with Crippen molar-refractivity contribution in [3.05, 3.63) is 0 Å². The Morgan fingerprint density at radius 2 is 2.14 bits per heavy atom. The highest BCUT2D eigenvalue weighted by atomic mass is 32.1. The molecule has 0 aliphatic carbocycles. The zero-order valence-corrected chi connectivity index (χ0v) is 5.44. The molecular formula is C4H10O2S. The van der Waals surface area contributed by atoms with Gasteiger partial charge >= 0.3 is 0 Å². The first-order valence-electron chi connectivity index (χ1n) is 2.01. The summed E-state index contributed by atoms with van der Waals surface area (Å²) in [6.07, 6.45) is 0. The maximum absolute atomic E-state index is 4.73. The van der Waals surface area contributed by atoms with E-state index in [9.17, 15) is 0 Å². The van der Waals surface area contributed by atoms with Crippen molar-refractivity contribution in [3.8, 4) is 0 Å². The van der Waals surface area contributed by atoms with Gasteiger partial charge in [-0.15, -0.1) is 12.6 Å². The molecule has 7 heavy (non-hydrogen) atoms. The van der Waals surface area contributed by atoms with Crippen molar-refractivity contribution in [1.82, 2.24) is 0 Å². The van der Waals surface area contributed by atoms with Crippen molar-refractivity contribution in [2.45, 2.75) is 5.44 Å². The summed E-state index contributed by atoms with van der Waals surface area (Å²) < 4.78 is 9.42. The van der Waals surface area contributed by atoms with Gasteiger partial charge in [0.05, 0.1) is 6.61 Å². The summed E-state index contributed by atoms with van der Waals surface area (Å²) in [4.78, 5) is 0. The molecule has 0 saturated carbocycles. The molecule has 0 saturated heterocycles. The first-order chi connectivity index (χ1) is 3.31. The van der Waals surface area contributed by atoms with E-state index in [0.29, 0.717) is 6.61 Å². The quantitative estimate of drug-likeness (QED) is 0.435. The van der Waals surface area contributed by atoms with E-state index in [2.05, 4.69) is 12.6 Å². The van der Waals surface area contributed by atoms with Gasteiger partial charge in [-0.2, -0.15) is 0 Å². The summed E-state index contributed by atoms with van der Waals surface area (Å²) in [6.45, 7) is 0.541. The lowest BCUT2D eigenvalue weighted by Crippen LogP contribution is -2.08. The molecule has 0 aromatic rings. The second kappa shape index (κ2) is 4.43. The Kier molecular flexibility index (Phi) is 4.60. The molecule has 44 valence electrons. The molecule has 0 amide bonds. The van der Waals surface area contributed by atoms with Gasteiger partial charge in [-0.05, 0) is 0 Å². The SMILES string of the molecule is COCC(S)OC. The number of hydrogen-bond donors (Lipinski definition) is 1. The molecule has 0 aromatic heterocycles. The van der Waals surface area contributed by atoms with Gasteiger partial charge in [-0.25, -0.2) is 0 Å².